The molecule has 0 spiro atoms. The minimum Gasteiger partial charge on any atom is -0.465 e. The van der Waals surface area contributed by atoms with Crippen LogP contribution in [0.1, 0.15) is 38.4 Å². The summed E-state index contributed by atoms with van der Waals surface area (Å²) in [7, 11) is 1.32. The summed E-state index contributed by atoms with van der Waals surface area (Å²) in [5, 5.41) is 0.810. The van der Waals surface area contributed by atoms with Crippen LogP contribution in [0.15, 0.2) is 48.5 Å². The van der Waals surface area contributed by atoms with Gasteiger partial charge in [0.15, 0.2) is 0 Å². The number of fused-ring (bicyclic) bond motifs is 2. The number of carbonyl (C=O) groups excluding carboxylic acids is 2. The topological polar surface area (TPSA) is 65.5 Å². The van der Waals surface area contributed by atoms with Crippen LogP contribution >= 0.6 is 0 Å². The van der Waals surface area contributed by atoms with E-state index in [0.29, 0.717) is 16.9 Å². The van der Waals surface area contributed by atoms with Crippen LogP contribution in [0.4, 0.5) is 0 Å². The van der Waals surface area contributed by atoms with Crippen LogP contribution in [0.2, 0.25) is 0 Å². The summed E-state index contributed by atoms with van der Waals surface area (Å²) in [6.07, 6.45) is 2.71. The van der Waals surface area contributed by atoms with Crippen LogP contribution in [-0.2, 0) is 17.6 Å². The number of carbonyl (C=O) groups is 2. The number of hydrogen-bond donors (Lipinski definition) is 0. The molecule has 0 N–H and O–H groups in total. The van der Waals surface area contributed by atoms with E-state index in [4.69, 9.17) is 4.74 Å². The Bertz CT molecular complexity index is 1010. The molecule has 1 aliphatic rings. The first-order valence-corrected chi connectivity index (χ1v) is 8.48. The van der Waals surface area contributed by atoms with E-state index in [1.807, 2.05) is 24.3 Å². The maximum Gasteiger partial charge on any atom is 0.344 e. The van der Waals surface area contributed by atoms with Gasteiger partial charge in [-0.3, -0.25) is 4.98 Å². The predicted octanol–water partition coefficient (Wildman–Crippen LogP) is 3.73. The molecule has 0 fully saturated rings. The number of aryl methyl sites for hydroxylation is 1. The fourth-order valence-corrected chi connectivity index (χ4v) is 3.38. The van der Waals surface area contributed by atoms with Crippen molar-refractivity contribution in [3.63, 3.8) is 0 Å². The second-order valence-electron chi connectivity index (χ2n) is 6.19. The molecule has 26 heavy (non-hydrogen) atoms. The number of nitrogens with zero attached hydrogens (tertiary/aromatic N) is 1. The van der Waals surface area contributed by atoms with Crippen LogP contribution in [0.5, 0.6) is 5.75 Å². The molecule has 2 aromatic carbocycles. The number of para-hydroxylation sites is 1. The number of pyridine rings is 1. The molecule has 5 heteroatoms. The molecule has 0 saturated heterocycles. The average Bonchev–Trinajstić information content (AvgIpc) is 3.13. The van der Waals surface area contributed by atoms with Crippen molar-refractivity contribution < 1.29 is 19.1 Å². The molecule has 1 aromatic heterocycles. The summed E-state index contributed by atoms with van der Waals surface area (Å²) < 4.78 is 10.3. The van der Waals surface area contributed by atoms with Crippen molar-refractivity contribution >= 4 is 22.8 Å². The van der Waals surface area contributed by atoms with Gasteiger partial charge in [-0.2, -0.15) is 0 Å². The van der Waals surface area contributed by atoms with E-state index in [9.17, 15) is 9.59 Å². The Kier molecular flexibility index (Phi) is 4.13. The third-order valence-electron chi connectivity index (χ3n) is 4.61. The Labute approximate surface area is 150 Å². The zero-order valence-corrected chi connectivity index (χ0v) is 14.3. The predicted molar refractivity (Wildman–Crippen MR) is 96.5 cm³/mol. The van der Waals surface area contributed by atoms with Crippen LogP contribution < -0.4 is 4.74 Å². The summed E-state index contributed by atoms with van der Waals surface area (Å²) in [4.78, 5) is 29.1. The Morgan fingerprint density at radius 2 is 1.73 bits per heavy atom. The van der Waals surface area contributed by atoms with Crippen LogP contribution in [0, 0.1) is 0 Å². The van der Waals surface area contributed by atoms with Gasteiger partial charge in [-0.15, -0.1) is 0 Å². The van der Waals surface area contributed by atoms with Crippen molar-refractivity contribution in [2.45, 2.75) is 19.3 Å². The first-order valence-electron chi connectivity index (χ1n) is 8.48. The first kappa shape index (κ1) is 16.3. The van der Waals surface area contributed by atoms with Gasteiger partial charge in [0, 0.05) is 11.1 Å². The highest BCUT2D eigenvalue weighted by Gasteiger charge is 2.25. The molecule has 5 nitrogen and oxygen atoms in total. The van der Waals surface area contributed by atoms with E-state index < -0.39 is 11.9 Å². The highest BCUT2D eigenvalue weighted by atomic mass is 16.5. The molecule has 0 saturated carbocycles. The molecule has 0 amide bonds. The van der Waals surface area contributed by atoms with E-state index in [0.717, 1.165) is 41.4 Å². The van der Waals surface area contributed by atoms with Crippen molar-refractivity contribution in [1.29, 1.82) is 0 Å². The number of aromatic nitrogens is 1. The zero-order valence-electron chi connectivity index (χ0n) is 14.3. The molecule has 0 bridgehead atoms. The Balaban J connectivity index is 1.70. The molecule has 1 heterocycles. The molecular weight excluding hydrogens is 330 g/mol. The van der Waals surface area contributed by atoms with Gasteiger partial charge in [0.2, 0.25) is 0 Å². The third kappa shape index (κ3) is 2.81. The van der Waals surface area contributed by atoms with E-state index >= 15 is 0 Å². The van der Waals surface area contributed by atoms with Gasteiger partial charge in [0.25, 0.3) is 0 Å². The normalized spacial score (nSPS) is 12.7. The minimum absolute atomic E-state index is 0.385. The van der Waals surface area contributed by atoms with E-state index in [-0.39, 0.29) is 0 Å². The largest absolute Gasteiger partial charge is 0.465 e. The number of benzene rings is 2. The molecule has 1 aliphatic carbocycles. The van der Waals surface area contributed by atoms with Gasteiger partial charge in [0.05, 0.1) is 23.8 Å². The van der Waals surface area contributed by atoms with Gasteiger partial charge < -0.3 is 9.47 Å². The number of esters is 2. The van der Waals surface area contributed by atoms with Gasteiger partial charge in [-0.25, -0.2) is 9.59 Å². The minimum atomic E-state index is -0.430. The zero-order chi connectivity index (χ0) is 18.1. The van der Waals surface area contributed by atoms with E-state index in [1.165, 1.54) is 7.11 Å². The van der Waals surface area contributed by atoms with Crippen LogP contribution in [0.3, 0.4) is 0 Å². The van der Waals surface area contributed by atoms with E-state index in [2.05, 4.69) is 9.72 Å². The molecular formula is C21H17NO4. The number of hydrogen-bond acceptors (Lipinski definition) is 5. The van der Waals surface area contributed by atoms with Crippen molar-refractivity contribution in [1.82, 2.24) is 4.98 Å². The molecule has 3 aromatic rings. The summed E-state index contributed by atoms with van der Waals surface area (Å²) in [5.41, 5.74) is 3.78. The SMILES string of the molecule is COC(=O)c1ccc(OC(=O)c2c3c(nc4ccccc24)CCC3)cc1. The van der Waals surface area contributed by atoms with Crippen LogP contribution in [-0.4, -0.2) is 24.0 Å². The standard InChI is InChI=1S/C21H17NO4/c1-25-20(23)13-9-11-14(12-10-13)26-21(24)19-15-5-2-3-7-17(15)22-18-8-4-6-16(18)19/h2-3,5,7,9-12H,4,6,8H2,1H3. The summed E-state index contributed by atoms with van der Waals surface area (Å²) in [6.45, 7) is 0. The Morgan fingerprint density at radius 1 is 0.962 bits per heavy atom. The molecule has 0 atom stereocenters. The monoisotopic (exact) mass is 347 g/mol. The molecule has 0 unspecified atom stereocenters. The van der Waals surface area contributed by atoms with Crippen molar-refractivity contribution in [2.75, 3.05) is 7.11 Å². The first-order chi connectivity index (χ1) is 12.7. The maximum absolute atomic E-state index is 12.9. The van der Waals surface area contributed by atoms with Gasteiger partial charge in [0.1, 0.15) is 5.75 Å². The third-order valence-corrected chi connectivity index (χ3v) is 4.61. The molecule has 0 radical (unpaired) electrons. The van der Waals surface area contributed by atoms with Crippen molar-refractivity contribution in [3.8, 4) is 5.75 Å². The lowest BCUT2D eigenvalue weighted by molar-refractivity contribution is 0.0600. The Hall–Kier alpha value is -3.21. The number of ether oxygens (including phenoxy) is 2. The second-order valence-corrected chi connectivity index (χ2v) is 6.19. The number of methoxy groups -OCH3 is 1. The molecule has 130 valence electrons. The van der Waals surface area contributed by atoms with Crippen molar-refractivity contribution in [2.24, 2.45) is 0 Å². The highest BCUT2D eigenvalue weighted by molar-refractivity contribution is 6.06. The lowest BCUT2D eigenvalue weighted by atomic mass is 10.0. The quantitative estimate of drug-likeness (QED) is 0.533. The maximum atomic E-state index is 12.9. The second kappa shape index (κ2) is 6.59. The number of rotatable bonds is 3. The summed E-state index contributed by atoms with van der Waals surface area (Å²) in [6, 6.07) is 14.0. The van der Waals surface area contributed by atoms with Crippen LogP contribution in [0.25, 0.3) is 10.9 Å². The fourth-order valence-electron chi connectivity index (χ4n) is 3.38. The lowest BCUT2D eigenvalue weighted by Crippen LogP contribution is -2.13. The molecule has 0 aliphatic heterocycles. The van der Waals surface area contributed by atoms with Crippen molar-refractivity contribution in [3.05, 3.63) is 70.9 Å². The smallest absolute Gasteiger partial charge is 0.344 e. The van der Waals surface area contributed by atoms with Gasteiger partial charge in [-0.1, -0.05) is 18.2 Å². The highest BCUT2D eigenvalue weighted by Crippen LogP contribution is 2.30. The lowest BCUT2D eigenvalue weighted by Gasteiger charge is -2.12. The summed E-state index contributed by atoms with van der Waals surface area (Å²) in [5.74, 6) is -0.441. The fraction of sp³-hybridized carbons (Fsp3) is 0.190. The molecule has 4 rings (SSSR count). The van der Waals surface area contributed by atoms with Gasteiger partial charge >= 0.3 is 11.9 Å². The Morgan fingerprint density at radius 3 is 2.50 bits per heavy atom. The summed E-state index contributed by atoms with van der Waals surface area (Å²) >= 11 is 0. The van der Waals surface area contributed by atoms with Gasteiger partial charge in [-0.05, 0) is 55.2 Å². The average molecular weight is 347 g/mol. The van der Waals surface area contributed by atoms with E-state index in [1.54, 1.807) is 24.3 Å².